The lowest BCUT2D eigenvalue weighted by molar-refractivity contribution is 0.0984. The molecule has 2 rings (SSSR count). The van der Waals surface area contributed by atoms with Gasteiger partial charge in [0, 0.05) is 10.6 Å². The molecule has 0 radical (unpaired) electrons. The van der Waals surface area contributed by atoms with Gasteiger partial charge in [-0.2, -0.15) is 0 Å². The molecule has 2 aromatic carbocycles. The highest BCUT2D eigenvalue weighted by Crippen LogP contribution is 2.24. The van der Waals surface area contributed by atoms with Gasteiger partial charge >= 0.3 is 0 Å². The number of carbonyl (C=O) groups excluding carboxylic acids is 1. The summed E-state index contributed by atoms with van der Waals surface area (Å²) in [6, 6.07) is 16.6. The number of hydrogen-bond acceptors (Lipinski definition) is 3. The largest absolute Gasteiger partial charge is 0.273 e. The van der Waals surface area contributed by atoms with E-state index in [1.165, 1.54) is 5.01 Å². The van der Waals surface area contributed by atoms with Gasteiger partial charge in [0.2, 0.25) is 0 Å². The topological polar surface area (TPSA) is 46.3 Å². The number of rotatable bonds is 5. The highest BCUT2D eigenvalue weighted by molar-refractivity contribution is 7.99. The van der Waals surface area contributed by atoms with E-state index in [0.29, 0.717) is 11.3 Å². The zero-order valence-corrected chi connectivity index (χ0v) is 11.8. The molecular formula is C16H16N2OS. The van der Waals surface area contributed by atoms with Crippen molar-refractivity contribution in [3.63, 3.8) is 0 Å². The maximum absolute atomic E-state index is 12.5. The van der Waals surface area contributed by atoms with Crippen molar-refractivity contribution in [3.8, 4) is 0 Å². The molecule has 0 unspecified atom stereocenters. The van der Waals surface area contributed by atoms with Crippen LogP contribution in [0, 0.1) is 0 Å². The fourth-order valence-corrected chi connectivity index (χ4v) is 2.54. The van der Waals surface area contributed by atoms with Crippen molar-refractivity contribution in [1.29, 1.82) is 0 Å². The number of hydrogen-bond donors (Lipinski definition) is 1. The minimum absolute atomic E-state index is 0.219. The standard InChI is InChI=1S/C16H16N2OS/c1-2-12-20-15-11-7-6-10-14(15)16(19)18(17)13-8-4-3-5-9-13/h2-11H,1,12,17H2. The number of hydrazine groups is 1. The Morgan fingerprint density at radius 1 is 1.15 bits per heavy atom. The Morgan fingerprint density at radius 2 is 1.80 bits per heavy atom. The molecular weight excluding hydrogens is 268 g/mol. The number of carbonyl (C=O) groups is 1. The maximum Gasteiger partial charge on any atom is 0.273 e. The molecule has 0 saturated carbocycles. The number of nitrogens with two attached hydrogens (primary N) is 1. The fourth-order valence-electron chi connectivity index (χ4n) is 1.75. The summed E-state index contributed by atoms with van der Waals surface area (Å²) < 4.78 is 0. The highest BCUT2D eigenvalue weighted by Gasteiger charge is 2.17. The number of amides is 1. The first-order valence-corrected chi connectivity index (χ1v) is 7.19. The zero-order valence-electron chi connectivity index (χ0n) is 11.0. The first-order valence-electron chi connectivity index (χ1n) is 6.21. The molecule has 0 aliphatic carbocycles. The minimum atomic E-state index is -0.219. The van der Waals surface area contributed by atoms with Gasteiger partial charge in [-0.15, -0.1) is 18.3 Å². The Balaban J connectivity index is 2.27. The second kappa shape index (κ2) is 6.93. The van der Waals surface area contributed by atoms with Gasteiger partial charge in [-0.05, 0) is 24.3 Å². The number of benzene rings is 2. The van der Waals surface area contributed by atoms with Crippen LogP contribution >= 0.6 is 11.8 Å². The number of nitrogens with zero attached hydrogens (tertiary/aromatic N) is 1. The average Bonchev–Trinajstić information content (AvgIpc) is 2.52. The van der Waals surface area contributed by atoms with E-state index >= 15 is 0 Å². The normalized spacial score (nSPS) is 10.1. The first kappa shape index (κ1) is 14.4. The van der Waals surface area contributed by atoms with E-state index in [-0.39, 0.29) is 5.91 Å². The van der Waals surface area contributed by atoms with Crippen molar-refractivity contribution < 1.29 is 4.79 Å². The fraction of sp³-hybridized carbons (Fsp3) is 0.0625. The van der Waals surface area contributed by atoms with Gasteiger partial charge in [-0.3, -0.25) is 4.79 Å². The minimum Gasteiger partial charge on any atom is -0.267 e. The lowest BCUT2D eigenvalue weighted by Crippen LogP contribution is -2.37. The molecule has 0 fully saturated rings. The molecule has 20 heavy (non-hydrogen) atoms. The van der Waals surface area contributed by atoms with Crippen LogP contribution < -0.4 is 10.9 Å². The van der Waals surface area contributed by atoms with Gasteiger partial charge in [0.25, 0.3) is 5.91 Å². The maximum atomic E-state index is 12.5. The molecule has 0 aromatic heterocycles. The molecule has 2 aromatic rings. The second-order valence-electron chi connectivity index (χ2n) is 4.11. The van der Waals surface area contributed by atoms with Crippen LogP contribution in [0.1, 0.15) is 10.4 Å². The number of anilines is 1. The van der Waals surface area contributed by atoms with Crippen molar-refractivity contribution >= 4 is 23.4 Å². The summed E-state index contributed by atoms with van der Waals surface area (Å²) in [5.74, 6) is 6.45. The molecule has 2 N–H and O–H groups in total. The van der Waals surface area contributed by atoms with Gasteiger partial charge in [-0.1, -0.05) is 36.4 Å². The predicted octanol–water partition coefficient (Wildman–Crippen LogP) is 3.49. The van der Waals surface area contributed by atoms with Crippen LogP contribution in [-0.2, 0) is 0 Å². The third kappa shape index (κ3) is 3.29. The molecule has 3 nitrogen and oxygen atoms in total. The molecule has 4 heteroatoms. The lowest BCUT2D eigenvalue weighted by Gasteiger charge is -2.18. The molecule has 1 amide bonds. The van der Waals surface area contributed by atoms with E-state index in [1.807, 2.05) is 42.5 Å². The smallest absolute Gasteiger partial charge is 0.267 e. The van der Waals surface area contributed by atoms with Crippen molar-refractivity contribution in [3.05, 3.63) is 72.8 Å². The summed E-state index contributed by atoms with van der Waals surface area (Å²) in [7, 11) is 0. The molecule has 0 heterocycles. The summed E-state index contributed by atoms with van der Waals surface area (Å²) in [6.45, 7) is 3.69. The molecule has 0 spiro atoms. The average molecular weight is 284 g/mol. The predicted molar refractivity (Wildman–Crippen MR) is 84.8 cm³/mol. The van der Waals surface area contributed by atoms with Crippen LogP contribution in [0.4, 0.5) is 5.69 Å². The van der Waals surface area contributed by atoms with E-state index in [1.54, 1.807) is 30.0 Å². The Morgan fingerprint density at radius 3 is 2.50 bits per heavy atom. The van der Waals surface area contributed by atoms with Crippen molar-refractivity contribution in [2.24, 2.45) is 5.84 Å². The van der Waals surface area contributed by atoms with Gasteiger partial charge in [0.15, 0.2) is 0 Å². The Bertz CT molecular complexity index is 598. The first-order chi connectivity index (χ1) is 9.74. The molecule has 0 aliphatic rings. The summed E-state index contributed by atoms with van der Waals surface area (Å²) in [5.41, 5.74) is 1.27. The summed E-state index contributed by atoms with van der Waals surface area (Å²) in [4.78, 5) is 13.4. The number of para-hydroxylation sites is 1. The molecule has 0 atom stereocenters. The third-order valence-corrected chi connectivity index (χ3v) is 3.80. The van der Waals surface area contributed by atoms with E-state index in [2.05, 4.69) is 6.58 Å². The third-order valence-electron chi connectivity index (χ3n) is 2.73. The van der Waals surface area contributed by atoms with Crippen LogP contribution in [0.3, 0.4) is 0 Å². The Hall–Kier alpha value is -2.04. The van der Waals surface area contributed by atoms with Crippen molar-refractivity contribution in [2.75, 3.05) is 10.8 Å². The van der Waals surface area contributed by atoms with Gasteiger partial charge < -0.3 is 0 Å². The summed E-state index contributed by atoms with van der Waals surface area (Å²) in [6.07, 6.45) is 1.81. The van der Waals surface area contributed by atoms with Crippen LogP contribution in [0.25, 0.3) is 0 Å². The van der Waals surface area contributed by atoms with Gasteiger partial charge in [-0.25, -0.2) is 10.9 Å². The highest BCUT2D eigenvalue weighted by atomic mass is 32.2. The molecule has 0 saturated heterocycles. The van der Waals surface area contributed by atoms with Crippen LogP contribution in [0.15, 0.2) is 72.1 Å². The molecule has 102 valence electrons. The Kier molecular flexibility index (Phi) is 4.98. The van der Waals surface area contributed by atoms with Crippen molar-refractivity contribution in [1.82, 2.24) is 0 Å². The second-order valence-corrected chi connectivity index (χ2v) is 5.17. The van der Waals surface area contributed by atoms with Gasteiger partial charge in [0.1, 0.15) is 0 Å². The van der Waals surface area contributed by atoms with Crippen LogP contribution in [-0.4, -0.2) is 11.7 Å². The lowest BCUT2D eigenvalue weighted by atomic mass is 10.2. The quantitative estimate of drug-likeness (QED) is 0.300. The van der Waals surface area contributed by atoms with E-state index in [0.717, 1.165) is 10.6 Å². The van der Waals surface area contributed by atoms with E-state index in [9.17, 15) is 4.79 Å². The zero-order chi connectivity index (χ0) is 14.4. The monoisotopic (exact) mass is 284 g/mol. The summed E-state index contributed by atoms with van der Waals surface area (Å²) in [5, 5.41) is 1.17. The van der Waals surface area contributed by atoms with Crippen LogP contribution in [0.2, 0.25) is 0 Å². The number of thioether (sulfide) groups is 1. The van der Waals surface area contributed by atoms with Crippen LogP contribution in [0.5, 0.6) is 0 Å². The Labute approximate surface area is 123 Å². The molecule has 0 aliphatic heterocycles. The van der Waals surface area contributed by atoms with Gasteiger partial charge in [0.05, 0.1) is 11.3 Å². The van der Waals surface area contributed by atoms with E-state index < -0.39 is 0 Å². The molecule has 0 bridgehead atoms. The van der Waals surface area contributed by atoms with E-state index in [4.69, 9.17) is 5.84 Å². The SMILES string of the molecule is C=CCSc1ccccc1C(=O)N(N)c1ccccc1. The summed E-state index contributed by atoms with van der Waals surface area (Å²) >= 11 is 1.57. The van der Waals surface area contributed by atoms with Crippen molar-refractivity contribution in [2.45, 2.75) is 4.90 Å².